The molecule has 0 aromatic heterocycles. The van der Waals surface area contributed by atoms with Gasteiger partial charge in [0.05, 0.1) is 19.3 Å². The van der Waals surface area contributed by atoms with Crippen LogP contribution in [0.4, 0.5) is 8.78 Å². The summed E-state index contributed by atoms with van der Waals surface area (Å²) in [6.07, 6.45) is -0.790. The van der Waals surface area contributed by atoms with Crippen LogP contribution in [-0.4, -0.2) is 73.4 Å². The summed E-state index contributed by atoms with van der Waals surface area (Å²) in [6.45, 7) is 3.06. The lowest BCUT2D eigenvalue weighted by molar-refractivity contribution is 0.00870. The van der Waals surface area contributed by atoms with Crippen molar-refractivity contribution < 1.29 is 23.4 Å². The van der Waals surface area contributed by atoms with Gasteiger partial charge in [-0.15, -0.1) is 0 Å². The molecule has 1 fully saturated rings. The molecule has 0 radical (unpaired) electrons. The highest BCUT2D eigenvalue weighted by Gasteiger charge is 2.23. The molecule has 7 heteroatoms. The average Bonchev–Trinajstić information content (AvgIpc) is 2.47. The number of halogens is 2. The zero-order chi connectivity index (χ0) is 16.1. The van der Waals surface area contributed by atoms with Crippen LogP contribution in [-0.2, 0) is 4.74 Å². The molecule has 1 N–H and O–H groups in total. The molecule has 122 valence electrons. The molecular weight excluding hydrogens is 294 g/mol. The normalized spacial score (nSPS) is 17.3. The van der Waals surface area contributed by atoms with Crippen LogP contribution in [0.5, 0.6) is 0 Å². The molecule has 0 saturated carbocycles. The molecule has 1 aliphatic rings. The summed E-state index contributed by atoms with van der Waals surface area (Å²) in [4.78, 5) is 15.3. The lowest BCUT2D eigenvalue weighted by atomic mass is 10.1. The summed E-state index contributed by atoms with van der Waals surface area (Å²) in [5, 5.41) is 10.0. The van der Waals surface area contributed by atoms with Gasteiger partial charge in [0.2, 0.25) is 0 Å². The lowest BCUT2D eigenvalue weighted by Crippen LogP contribution is -2.45. The zero-order valence-electron chi connectivity index (χ0n) is 12.5. The van der Waals surface area contributed by atoms with Gasteiger partial charge in [-0.3, -0.25) is 9.69 Å². The predicted octanol–water partition coefficient (Wildman–Crippen LogP) is 0.730. The molecule has 1 atom stereocenters. The Kier molecular flexibility index (Phi) is 5.82. The van der Waals surface area contributed by atoms with E-state index >= 15 is 0 Å². The van der Waals surface area contributed by atoms with Crippen LogP contribution >= 0.6 is 0 Å². The number of β-amino-alcohol motifs (C(OH)–C–C–N with tert-alkyl or cyclic N) is 1. The maximum Gasteiger partial charge on any atom is 0.259 e. The first kappa shape index (κ1) is 16.8. The molecule has 1 aliphatic heterocycles. The summed E-state index contributed by atoms with van der Waals surface area (Å²) in [6, 6.07) is 3.28. The summed E-state index contributed by atoms with van der Waals surface area (Å²) in [7, 11) is 1.41. The molecule has 2 rings (SSSR count). The number of ether oxygens (including phenoxy) is 1. The molecule has 1 aromatic carbocycles. The summed E-state index contributed by atoms with van der Waals surface area (Å²) >= 11 is 0. The van der Waals surface area contributed by atoms with E-state index in [2.05, 4.69) is 0 Å². The number of carbonyl (C=O) groups excluding carboxylic acids is 1. The first-order valence-corrected chi connectivity index (χ1v) is 7.16. The third-order valence-electron chi connectivity index (χ3n) is 3.58. The van der Waals surface area contributed by atoms with E-state index in [0.29, 0.717) is 19.8 Å². The van der Waals surface area contributed by atoms with Gasteiger partial charge in [0, 0.05) is 33.2 Å². The van der Waals surface area contributed by atoms with Gasteiger partial charge in [0.1, 0.15) is 17.2 Å². The van der Waals surface area contributed by atoms with E-state index in [1.165, 1.54) is 13.1 Å². The van der Waals surface area contributed by atoms with E-state index in [0.717, 1.165) is 30.1 Å². The minimum atomic E-state index is -0.903. The average molecular weight is 314 g/mol. The van der Waals surface area contributed by atoms with Crippen LogP contribution in [0.3, 0.4) is 0 Å². The highest BCUT2D eigenvalue weighted by molar-refractivity contribution is 5.94. The zero-order valence-corrected chi connectivity index (χ0v) is 12.5. The number of amides is 1. The number of aliphatic hydroxyl groups is 1. The summed E-state index contributed by atoms with van der Waals surface area (Å²) < 4.78 is 32.4. The first-order valence-electron chi connectivity index (χ1n) is 7.16. The molecule has 1 unspecified atom stereocenters. The minimum absolute atomic E-state index is 0.00393. The second-order valence-corrected chi connectivity index (χ2v) is 5.35. The molecule has 1 aromatic rings. The summed E-state index contributed by atoms with van der Waals surface area (Å²) in [5.74, 6) is -2.59. The molecule has 1 heterocycles. The van der Waals surface area contributed by atoms with Gasteiger partial charge in [0.15, 0.2) is 0 Å². The number of rotatable bonds is 5. The number of hydrogen-bond acceptors (Lipinski definition) is 4. The van der Waals surface area contributed by atoms with Crippen LogP contribution in [0.2, 0.25) is 0 Å². The number of carbonyl (C=O) groups is 1. The smallest absolute Gasteiger partial charge is 0.259 e. The van der Waals surface area contributed by atoms with Crippen LogP contribution in [0.1, 0.15) is 10.4 Å². The second kappa shape index (κ2) is 7.62. The maximum atomic E-state index is 13.6. The fourth-order valence-electron chi connectivity index (χ4n) is 2.43. The molecule has 0 spiro atoms. The Morgan fingerprint density at radius 1 is 1.36 bits per heavy atom. The van der Waals surface area contributed by atoms with E-state index in [9.17, 15) is 18.7 Å². The fraction of sp³-hybridized carbons (Fsp3) is 0.533. The van der Waals surface area contributed by atoms with Crippen molar-refractivity contribution >= 4 is 5.91 Å². The van der Waals surface area contributed by atoms with Crippen molar-refractivity contribution in [3.63, 3.8) is 0 Å². The third-order valence-corrected chi connectivity index (χ3v) is 3.58. The quantitative estimate of drug-likeness (QED) is 0.870. The van der Waals surface area contributed by atoms with Crippen LogP contribution < -0.4 is 0 Å². The van der Waals surface area contributed by atoms with Crippen molar-refractivity contribution in [2.45, 2.75) is 6.10 Å². The third kappa shape index (κ3) is 4.22. The Morgan fingerprint density at radius 3 is 2.55 bits per heavy atom. The molecule has 0 aliphatic carbocycles. The van der Waals surface area contributed by atoms with E-state index in [4.69, 9.17) is 4.74 Å². The Balaban J connectivity index is 1.93. The van der Waals surface area contributed by atoms with Crippen LogP contribution in [0.15, 0.2) is 18.2 Å². The first-order chi connectivity index (χ1) is 10.5. The Hall–Kier alpha value is -1.57. The lowest BCUT2D eigenvalue weighted by Gasteiger charge is -2.30. The van der Waals surface area contributed by atoms with Crippen molar-refractivity contribution in [2.24, 2.45) is 0 Å². The molecule has 1 saturated heterocycles. The Bertz CT molecular complexity index is 501. The van der Waals surface area contributed by atoms with Crippen molar-refractivity contribution in [1.29, 1.82) is 0 Å². The van der Waals surface area contributed by atoms with Crippen molar-refractivity contribution in [2.75, 3.05) is 46.4 Å². The number of morpholine rings is 1. The Labute approximate surface area is 128 Å². The molecule has 0 bridgehead atoms. The molecular formula is C15H20F2N2O3. The number of likely N-dealkylation sites (N-methyl/N-ethyl adjacent to an activating group) is 1. The molecule has 22 heavy (non-hydrogen) atoms. The van der Waals surface area contributed by atoms with Gasteiger partial charge in [-0.2, -0.15) is 0 Å². The van der Waals surface area contributed by atoms with Gasteiger partial charge >= 0.3 is 0 Å². The van der Waals surface area contributed by atoms with Gasteiger partial charge in [0.25, 0.3) is 5.91 Å². The van der Waals surface area contributed by atoms with E-state index in [-0.39, 0.29) is 6.54 Å². The second-order valence-electron chi connectivity index (χ2n) is 5.35. The number of nitrogens with zero attached hydrogens (tertiary/aromatic N) is 2. The van der Waals surface area contributed by atoms with E-state index < -0.39 is 29.2 Å². The van der Waals surface area contributed by atoms with Gasteiger partial charge < -0.3 is 14.7 Å². The molecule has 1 amide bonds. The topological polar surface area (TPSA) is 53.0 Å². The van der Waals surface area contributed by atoms with Crippen LogP contribution in [0.25, 0.3) is 0 Å². The van der Waals surface area contributed by atoms with E-state index in [1.54, 1.807) is 0 Å². The minimum Gasteiger partial charge on any atom is -0.390 e. The summed E-state index contributed by atoms with van der Waals surface area (Å²) in [5.41, 5.74) is -0.594. The maximum absolute atomic E-state index is 13.6. The Morgan fingerprint density at radius 2 is 1.95 bits per heavy atom. The largest absolute Gasteiger partial charge is 0.390 e. The number of hydrogen-bond donors (Lipinski definition) is 1. The highest BCUT2D eigenvalue weighted by atomic mass is 19.1. The number of aliphatic hydroxyl groups excluding tert-OH is 1. The van der Waals surface area contributed by atoms with Gasteiger partial charge in [-0.1, -0.05) is 6.07 Å². The fourth-order valence-corrected chi connectivity index (χ4v) is 2.43. The monoisotopic (exact) mass is 314 g/mol. The SMILES string of the molecule is CN(CC(O)CN1CCOCC1)C(=O)c1c(F)cccc1F. The highest BCUT2D eigenvalue weighted by Crippen LogP contribution is 2.14. The van der Waals surface area contributed by atoms with Gasteiger partial charge in [-0.25, -0.2) is 8.78 Å². The number of benzene rings is 1. The van der Waals surface area contributed by atoms with Crippen LogP contribution in [0, 0.1) is 11.6 Å². The standard InChI is InChI=1S/C15H20F2N2O3/c1-18(9-11(20)10-19-5-7-22-8-6-19)15(21)14-12(16)3-2-4-13(14)17/h2-4,11,20H,5-10H2,1H3. The van der Waals surface area contributed by atoms with Crippen molar-refractivity contribution in [3.05, 3.63) is 35.4 Å². The molecule has 5 nitrogen and oxygen atoms in total. The van der Waals surface area contributed by atoms with Crippen molar-refractivity contribution in [3.8, 4) is 0 Å². The van der Waals surface area contributed by atoms with E-state index in [1.807, 2.05) is 4.90 Å². The van der Waals surface area contributed by atoms with Gasteiger partial charge in [-0.05, 0) is 12.1 Å². The predicted molar refractivity (Wildman–Crippen MR) is 76.6 cm³/mol. The van der Waals surface area contributed by atoms with Crippen molar-refractivity contribution in [1.82, 2.24) is 9.80 Å².